The predicted octanol–water partition coefficient (Wildman–Crippen LogP) is 2.32. The third-order valence-electron chi connectivity index (χ3n) is 3.89. The lowest BCUT2D eigenvalue weighted by Gasteiger charge is -2.33. The highest BCUT2D eigenvalue weighted by atomic mass is 16.6. The van der Waals surface area contributed by atoms with Gasteiger partial charge in [-0.15, -0.1) is 0 Å². The number of amides is 1. The number of anilines is 1. The zero-order valence-electron chi connectivity index (χ0n) is 12.7. The van der Waals surface area contributed by atoms with Crippen molar-refractivity contribution in [3.63, 3.8) is 0 Å². The lowest BCUT2D eigenvalue weighted by atomic mass is 10.0. The molecular weight excluding hydrogens is 270 g/mol. The minimum Gasteiger partial charge on any atom is -0.311 e. The lowest BCUT2D eigenvalue weighted by molar-refractivity contribution is -0.385. The van der Waals surface area contributed by atoms with Gasteiger partial charge in [0, 0.05) is 23.9 Å². The molecule has 0 aliphatic carbocycles. The van der Waals surface area contributed by atoms with Crippen molar-refractivity contribution in [3.8, 4) is 0 Å². The van der Waals surface area contributed by atoms with Crippen LogP contribution in [-0.2, 0) is 4.79 Å². The minimum absolute atomic E-state index is 0.0550. The molecule has 2 rings (SSSR count). The van der Waals surface area contributed by atoms with Crippen LogP contribution in [0, 0.1) is 24.0 Å². The van der Waals surface area contributed by atoms with Crippen LogP contribution < -0.4 is 10.2 Å². The Morgan fingerprint density at radius 2 is 2.10 bits per heavy atom. The summed E-state index contributed by atoms with van der Waals surface area (Å²) < 4.78 is 0. The van der Waals surface area contributed by atoms with Crippen molar-refractivity contribution >= 4 is 17.3 Å². The van der Waals surface area contributed by atoms with E-state index in [2.05, 4.69) is 5.32 Å². The summed E-state index contributed by atoms with van der Waals surface area (Å²) in [6, 6.07) is 3.15. The van der Waals surface area contributed by atoms with Gasteiger partial charge in [-0.3, -0.25) is 14.9 Å². The number of hydrogen-bond acceptors (Lipinski definition) is 4. The maximum absolute atomic E-state index is 12.5. The van der Waals surface area contributed by atoms with Crippen LogP contribution in [0.2, 0.25) is 0 Å². The summed E-state index contributed by atoms with van der Waals surface area (Å²) in [5.74, 6) is 0.0550. The first kappa shape index (κ1) is 15.4. The molecule has 114 valence electrons. The monoisotopic (exact) mass is 291 g/mol. The van der Waals surface area contributed by atoms with Crippen molar-refractivity contribution in [1.29, 1.82) is 0 Å². The van der Waals surface area contributed by atoms with E-state index < -0.39 is 0 Å². The number of carbonyl (C=O) groups excluding carboxylic acids is 1. The quantitative estimate of drug-likeness (QED) is 0.682. The van der Waals surface area contributed by atoms with Gasteiger partial charge in [0.25, 0.3) is 5.69 Å². The second kappa shape index (κ2) is 6.22. The van der Waals surface area contributed by atoms with Gasteiger partial charge in [-0.2, -0.15) is 0 Å². The third-order valence-corrected chi connectivity index (χ3v) is 3.89. The van der Waals surface area contributed by atoms with Gasteiger partial charge in [0.05, 0.1) is 11.0 Å². The molecule has 1 N–H and O–H groups in total. The molecule has 1 heterocycles. The Kier molecular flexibility index (Phi) is 4.57. The fourth-order valence-corrected chi connectivity index (χ4v) is 2.82. The molecule has 0 radical (unpaired) electrons. The summed E-state index contributed by atoms with van der Waals surface area (Å²) in [5, 5.41) is 14.2. The molecule has 6 nitrogen and oxygen atoms in total. The molecule has 1 aromatic rings. The van der Waals surface area contributed by atoms with Crippen LogP contribution >= 0.6 is 0 Å². The Labute approximate surface area is 124 Å². The number of likely N-dealkylation sites (N-methyl/N-ethyl adjacent to an activating group) is 1. The van der Waals surface area contributed by atoms with Crippen molar-refractivity contribution in [2.75, 3.05) is 18.0 Å². The summed E-state index contributed by atoms with van der Waals surface area (Å²) in [5.41, 5.74) is 2.23. The molecule has 1 fully saturated rings. The van der Waals surface area contributed by atoms with Crippen LogP contribution in [0.3, 0.4) is 0 Å². The molecule has 6 heteroatoms. The van der Waals surface area contributed by atoms with E-state index in [9.17, 15) is 14.9 Å². The largest absolute Gasteiger partial charge is 0.311 e. The van der Waals surface area contributed by atoms with Crippen LogP contribution in [-0.4, -0.2) is 30.0 Å². The number of aryl methyl sites for hydroxylation is 2. The van der Waals surface area contributed by atoms with Crippen LogP contribution in [0.1, 0.15) is 30.9 Å². The Hall–Kier alpha value is -1.95. The molecular formula is C15H21N3O3. The Morgan fingerprint density at radius 3 is 2.71 bits per heavy atom. The van der Waals surface area contributed by atoms with Gasteiger partial charge in [-0.25, -0.2) is 0 Å². The van der Waals surface area contributed by atoms with Crippen LogP contribution in [0.5, 0.6) is 0 Å². The molecule has 1 aliphatic rings. The summed E-state index contributed by atoms with van der Waals surface area (Å²) in [4.78, 5) is 24.9. The maximum atomic E-state index is 12.5. The number of carbonyl (C=O) groups is 1. The molecule has 0 bridgehead atoms. The normalized spacial score (nSPS) is 18.9. The first-order valence-corrected chi connectivity index (χ1v) is 7.26. The standard InChI is InChI=1S/C15H21N3O3/c1-4-16-12-6-5-7-17(15(12)19)13-8-11(3)14(18(20)21)9-10(13)2/h8-9,12,16H,4-7H2,1-3H3. The molecule has 1 atom stereocenters. The van der Waals surface area contributed by atoms with Crippen LogP contribution in [0.4, 0.5) is 11.4 Å². The molecule has 0 aromatic heterocycles. The van der Waals surface area contributed by atoms with E-state index in [4.69, 9.17) is 0 Å². The molecule has 1 amide bonds. The van der Waals surface area contributed by atoms with Gasteiger partial charge in [-0.05, 0) is 44.9 Å². The van der Waals surface area contributed by atoms with E-state index in [0.29, 0.717) is 12.1 Å². The number of rotatable bonds is 4. The van der Waals surface area contributed by atoms with Gasteiger partial charge >= 0.3 is 0 Å². The number of benzene rings is 1. The van der Waals surface area contributed by atoms with Crippen molar-refractivity contribution in [1.82, 2.24) is 5.32 Å². The summed E-state index contributed by atoms with van der Waals surface area (Å²) in [6.45, 7) is 6.91. The maximum Gasteiger partial charge on any atom is 0.272 e. The van der Waals surface area contributed by atoms with Crippen molar-refractivity contribution < 1.29 is 9.72 Å². The summed E-state index contributed by atoms with van der Waals surface area (Å²) >= 11 is 0. The smallest absolute Gasteiger partial charge is 0.272 e. The Balaban J connectivity index is 2.35. The van der Waals surface area contributed by atoms with E-state index in [1.54, 1.807) is 24.0 Å². The van der Waals surface area contributed by atoms with Crippen LogP contribution in [0.25, 0.3) is 0 Å². The second-order valence-corrected chi connectivity index (χ2v) is 5.42. The zero-order chi connectivity index (χ0) is 15.6. The molecule has 1 aliphatic heterocycles. The van der Waals surface area contributed by atoms with Crippen LogP contribution in [0.15, 0.2) is 12.1 Å². The number of nitrogens with zero attached hydrogens (tertiary/aromatic N) is 2. The van der Waals surface area contributed by atoms with E-state index in [-0.39, 0.29) is 22.6 Å². The van der Waals surface area contributed by atoms with Crippen molar-refractivity contribution in [2.45, 2.75) is 39.7 Å². The van der Waals surface area contributed by atoms with E-state index in [1.165, 1.54) is 0 Å². The van der Waals surface area contributed by atoms with Gasteiger partial charge in [-0.1, -0.05) is 6.92 Å². The zero-order valence-corrected chi connectivity index (χ0v) is 12.7. The lowest BCUT2D eigenvalue weighted by Crippen LogP contribution is -2.51. The first-order chi connectivity index (χ1) is 9.95. The SMILES string of the molecule is CCNC1CCCN(c2cc(C)c([N+](=O)[O-])cc2C)C1=O. The number of hydrogen-bond donors (Lipinski definition) is 1. The molecule has 1 unspecified atom stereocenters. The molecule has 0 saturated carbocycles. The van der Waals surface area contributed by atoms with Gasteiger partial charge in [0.1, 0.15) is 0 Å². The average molecular weight is 291 g/mol. The highest BCUT2D eigenvalue weighted by Gasteiger charge is 2.30. The first-order valence-electron chi connectivity index (χ1n) is 7.26. The minimum atomic E-state index is -0.383. The fraction of sp³-hybridized carbons (Fsp3) is 0.533. The highest BCUT2D eigenvalue weighted by Crippen LogP contribution is 2.30. The summed E-state index contributed by atoms with van der Waals surface area (Å²) in [6.07, 6.45) is 1.77. The topological polar surface area (TPSA) is 75.5 Å². The second-order valence-electron chi connectivity index (χ2n) is 5.42. The number of nitrogens with one attached hydrogen (secondary N) is 1. The van der Waals surface area contributed by atoms with Gasteiger partial charge < -0.3 is 10.2 Å². The molecule has 1 aromatic carbocycles. The number of nitro groups is 1. The van der Waals surface area contributed by atoms with Crippen molar-refractivity contribution in [2.24, 2.45) is 0 Å². The van der Waals surface area contributed by atoms with Gasteiger partial charge in [0.2, 0.25) is 5.91 Å². The molecule has 1 saturated heterocycles. The Morgan fingerprint density at radius 1 is 1.38 bits per heavy atom. The average Bonchev–Trinajstić information content (AvgIpc) is 2.43. The van der Waals surface area contributed by atoms with E-state index >= 15 is 0 Å². The molecule has 0 spiro atoms. The fourth-order valence-electron chi connectivity index (χ4n) is 2.82. The number of piperidine rings is 1. The Bertz CT molecular complexity index is 570. The molecule has 21 heavy (non-hydrogen) atoms. The predicted molar refractivity (Wildman–Crippen MR) is 81.6 cm³/mol. The number of nitro benzene ring substituents is 1. The van der Waals surface area contributed by atoms with E-state index in [0.717, 1.165) is 30.6 Å². The third kappa shape index (κ3) is 3.05. The van der Waals surface area contributed by atoms with E-state index in [1.807, 2.05) is 13.8 Å². The highest BCUT2D eigenvalue weighted by molar-refractivity contribution is 5.98. The van der Waals surface area contributed by atoms with Crippen molar-refractivity contribution in [3.05, 3.63) is 33.4 Å². The van der Waals surface area contributed by atoms with Gasteiger partial charge in [0.15, 0.2) is 0 Å². The summed E-state index contributed by atoms with van der Waals surface area (Å²) in [7, 11) is 0.